The smallest absolute Gasteiger partial charge is 0.123 e. The number of nitrogens with two attached hydrogens (primary N) is 1. The number of imidazole rings is 1. The van der Waals surface area contributed by atoms with E-state index in [4.69, 9.17) is 5.73 Å². The molecule has 0 saturated carbocycles. The molecule has 27 heavy (non-hydrogen) atoms. The van der Waals surface area contributed by atoms with Crippen molar-refractivity contribution in [2.75, 3.05) is 12.3 Å². The predicted octanol–water partition coefficient (Wildman–Crippen LogP) is 4.98. The minimum absolute atomic E-state index is 0. The van der Waals surface area contributed by atoms with E-state index in [-0.39, 0.29) is 36.7 Å². The van der Waals surface area contributed by atoms with E-state index in [0.29, 0.717) is 0 Å². The van der Waals surface area contributed by atoms with Crippen LogP contribution < -0.4 is 5.73 Å². The molecular formula is C20H23Cl2FN4. The van der Waals surface area contributed by atoms with Crippen LogP contribution >= 0.6 is 24.8 Å². The minimum atomic E-state index is -0.229. The third-order valence-corrected chi connectivity index (χ3v) is 4.77. The Hall–Kier alpha value is -2.08. The molecule has 1 atom stereocenters. The fourth-order valence-electron chi connectivity index (χ4n) is 3.53. The normalized spacial score (nSPS) is 16.6. The number of rotatable bonds is 4. The van der Waals surface area contributed by atoms with Gasteiger partial charge in [0.1, 0.15) is 11.6 Å². The third-order valence-electron chi connectivity index (χ3n) is 4.77. The van der Waals surface area contributed by atoms with Crippen molar-refractivity contribution in [1.29, 1.82) is 0 Å². The maximum atomic E-state index is 13.1. The molecule has 1 aliphatic rings. The van der Waals surface area contributed by atoms with E-state index in [1.165, 1.54) is 17.7 Å². The molecule has 3 N–H and O–H groups in total. The Bertz CT molecular complexity index is 866. The van der Waals surface area contributed by atoms with Crippen LogP contribution in [-0.2, 0) is 6.54 Å². The van der Waals surface area contributed by atoms with E-state index in [1.54, 1.807) is 12.1 Å². The van der Waals surface area contributed by atoms with Crippen molar-refractivity contribution in [3.8, 4) is 11.3 Å². The van der Waals surface area contributed by atoms with Gasteiger partial charge in [0.15, 0.2) is 0 Å². The van der Waals surface area contributed by atoms with Crippen molar-refractivity contribution in [2.45, 2.75) is 25.4 Å². The first-order chi connectivity index (χ1) is 12.2. The molecule has 0 bridgehead atoms. The highest BCUT2D eigenvalue weighted by Crippen LogP contribution is 2.32. The van der Waals surface area contributed by atoms with Crippen molar-refractivity contribution >= 4 is 30.5 Å². The van der Waals surface area contributed by atoms with Crippen molar-refractivity contribution < 1.29 is 4.39 Å². The summed E-state index contributed by atoms with van der Waals surface area (Å²) < 4.78 is 13.1. The number of hydrogen-bond acceptors (Lipinski definition) is 3. The Morgan fingerprint density at radius 2 is 1.93 bits per heavy atom. The summed E-state index contributed by atoms with van der Waals surface area (Å²) in [6.07, 6.45) is 4.07. The summed E-state index contributed by atoms with van der Waals surface area (Å²) in [5.74, 6) is 0.744. The van der Waals surface area contributed by atoms with Crippen molar-refractivity contribution in [3.05, 3.63) is 71.9 Å². The number of benzene rings is 2. The molecule has 2 heterocycles. The highest BCUT2D eigenvalue weighted by molar-refractivity contribution is 5.85. The number of anilines is 1. The van der Waals surface area contributed by atoms with Crippen LogP contribution in [0, 0.1) is 5.82 Å². The molecule has 0 radical (unpaired) electrons. The number of nitrogens with one attached hydrogen (secondary N) is 1. The predicted molar refractivity (Wildman–Crippen MR) is 112 cm³/mol. The lowest BCUT2D eigenvalue weighted by molar-refractivity contribution is 0.241. The molecule has 3 aromatic rings. The van der Waals surface area contributed by atoms with E-state index < -0.39 is 0 Å². The number of aromatic amines is 1. The molecule has 4 rings (SSSR count). The maximum Gasteiger partial charge on any atom is 0.123 e. The van der Waals surface area contributed by atoms with Crippen LogP contribution in [-0.4, -0.2) is 21.4 Å². The summed E-state index contributed by atoms with van der Waals surface area (Å²) >= 11 is 0. The van der Waals surface area contributed by atoms with Gasteiger partial charge in [-0.2, -0.15) is 0 Å². The lowest BCUT2D eigenvalue weighted by Gasteiger charge is -2.23. The Morgan fingerprint density at radius 3 is 2.67 bits per heavy atom. The summed E-state index contributed by atoms with van der Waals surface area (Å²) in [7, 11) is 0. The molecule has 4 nitrogen and oxygen atoms in total. The van der Waals surface area contributed by atoms with E-state index in [0.717, 1.165) is 48.7 Å². The van der Waals surface area contributed by atoms with E-state index in [9.17, 15) is 4.39 Å². The monoisotopic (exact) mass is 408 g/mol. The molecular weight excluding hydrogens is 386 g/mol. The largest absolute Gasteiger partial charge is 0.399 e. The Morgan fingerprint density at radius 1 is 1.15 bits per heavy atom. The number of nitrogens with zero attached hydrogens (tertiary/aromatic N) is 2. The molecule has 0 spiro atoms. The minimum Gasteiger partial charge on any atom is -0.399 e. The number of hydrogen-bond donors (Lipinski definition) is 2. The average Bonchev–Trinajstić information content (AvgIpc) is 3.25. The first-order valence-electron chi connectivity index (χ1n) is 8.58. The van der Waals surface area contributed by atoms with Gasteiger partial charge in [-0.15, -0.1) is 24.8 Å². The van der Waals surface area contributed by atoms with Crippen LogP contribution in [0.4, 0.5) is 10.1 Å². The average molecular weight is 409 g/mol. The van der Waals surface area contributed by atoms with Crippen LogP contribution in [0.3, 0.4) is 0 Å². The van der Waals surface area contributed by atoms with Gasteiger partial charge in [-0.3, -0.25) is 4.90 Å². The highest BCUT2D eigenvalue weighted by Gasteiger charge is 2.28. The van der Waals surface area contributed by atoms with Gasteiger partial charge in [-0.1, -0.05) is 12.1 Å². The molecule has 1 saturated heterocycles. The third kappa shape index (κ3) is 4.80. The fourth-order valence-corrected chi connectivity index (χ4v) is 3.53. The molecule has 1 fully saturated rings. The fraction of sp³-hybridized carbons (Fsp3) is 0.250. The standard InChI is InChI=1S/C20H21FN4.2ClH/c21-16-8-6-15(7-9-16)18-12-23-20(24-18)19-5-2-10-25(19)13-14-3-1-4-17(22)11-14;;/h1,3-4,6-9,11-12,19H,2,5,10,13,22H2,(H,23,24);2*1H. The SMILES string of the molecule is Cl.Cl.Nc1cccc(CN2CCCC2c2ncc(-c3ccc(F)cc3)[nH]2)c1. The quantitative estimate of drug-likeness (QED) is 0.598. The number of nitrogen functional groups attached to an aromatic ring is 1. The summed E-state index contributed by atoms with van der Waals surface area (Å²) in [5.41, 5.74) is 9.78. The van der Waals surface area contributed by atoms with Gasteiger partial charge < -0.3 is 10.7 Å². The summed E-state index contributed by atoms with van der Waals surface area (Å²) in [6.45, 7) is 1.91. The van der Waals surface area contributed by atoms with Gasteiger partial charge >= 0.3 is 0 Å². The zero-order chi connectivity index (χ0) is 17.2. The first-order valence-corrected chi connectivity index (χ1v) is 8.58. The lowest BCUT2D eigenvalue weighted by atomic mass is 10.1. The van der Waals surface area contributed by atoms with Gasteiger partial charge in [0.25, 0.3) is 0 Å². The van der Waals surface area contributed by atoms with Crippen molar-refractivity contribution in [1.82, 2.24) is 14.9 Å². The molecule has 0 aliphatic carbocycles. The first kappa shape index (κ1) is 21.2. The summed E-state index contributed by atoms with van der Waals surface area (Å²) in [6, 6.07) is 14.8. The molecule has 2 aromatic carbocycles. The van der Waals surface area contributed by atoms with Gasteiger partial charge in [-0.05, 0) is 66.9 Å². The summed E-state index contributed by atoms with van der Waals surface area (Å²) in [5, 5.41) is 0. The van der Waals surface area contributed by atoms with Crippen LogP contribution in [0.25, 0.3) is 11.3 Å². The molecule has 0 amide bonds. The zero-order valence-corrected chi connectivity index (χ0v) is 16.4. The van der Waals surface area contributed by atoms with Crippen LogP contribution in [0.1, 0.15) is 30.3 Å². The second-order valence-corrected chi connectivity index (χ2v) is 6.56. The molecule has 1 aliphatic heterocycles. The van der Waals surface area contributed by atoms with Crippen LogP contribution in [0.2, 0.25) is 0 Å². The zero-order valence-electron chi connectivity index (χ0n) is 14.8. The Balaban J connectivity index is 0.00000131. The van der Waals surface area contributed by atoms with Crippen LogP contribution in [0.15, 0.2) is 54.7 Å². The number of aromatic nitrogens is 2. The van der Waals surface area contributed by atoms with E-state index >= 15 is 0 Å². The van der Waals surface area contributed by atoms with Crippen molar-refractivity contribution in [3.63, 3.8) is 0 Å². The highest BCUT2D eigenvalue weighted by atomic mass is 35.5. The van der Waals surface area contributed by atoms with E-state index in [1.807, 2.05) is 24.4 Å². The number of likely N-dealkylation sites (tertiary alicyclic amines) is 1. The second-order valence-electron chi connectivity index (χ2n) is 6.56. The molecule has 144 valence electrons. The van der Waals surface area contributed by atoms with Gasteiger partial charge in [-0.25, -0.2) is 9.37 Å². The lowest BCUT2D eigenvalue weighted by Crippen LogP contribution is -2.23. The van der Waals surface area contributed by atoms with Gasteiger partial charge in [0, 0.05) is 12.2 Å². The van der Waals surface area contributed by atoms with Crippen molar-refractivity contribution in [2.24, 2.45) is 0 Å². The number of halogens is 3. The topological polar surface area (TPSA) is 57.9 Å². The van der Waals surface area contributed by atoms with Crippen LogP contribution in [0.5, 0.6) is 0 Å². The summed E-state index contributed by atoms with van der Waals surface area (Å²) in [4.78, 5) is 10.4. The molecule has 1 aromatic heterocycles. The Labute approximate surface area is 170 Å². The van der Waals surface area contributed by atoms with E-state index in [2.05, 4.69) is 20.9 Å². The van der Waals surface area contributed by atoms with Gasteiger partial charge in [0.05, 0.1) is 17.9 Å². The second kappa shape index (κ2) is 9.22. The molecule has 7 heteroatoms. The Kier molecular flexibility index (Phi) is 7.25. The number of H-pyrrole nitrogens is 1. The maximum absolute atomic E-state index is 13.1. The van der Waals surface area contributed by atoms with Gasteiger partial charge in [0.2, 0.25) is 0 Å². The molecule has 1 unspecified atom stereocenters.